The van der Waals surface area contributed by atoms with Crippen LogP contribution in [0, 0.1) is 0 Å². The van der Waals surface area contributed by atoms with E-state index in [4.69, 9.17) is 5.73 Å². The lowest BCUT2D eigenvalue weighted by atomic mass is 9.98. The summed E-state index contributed by atoms with van der Waals surface area (Å²) in [5.74, 6) is -0.0571. The number of rotatable bonds is 3. The molecule has 20 heavy (non-hydrogen) atoms. The van der Waals surface area contributed by atoms with Gasteiger partial charge in [-0.05, 0) is 42.0 Å². The van der Waals surface area contributed by atoms with E-state index >= 15 is 0 Å². The van der Waals surface area contributed by atoms with E-state index in [1.807, 2.05) is 29.6 Å². The molecule has 2 aromatic rings. The summed E-state index contributed by atoms with van der Waals surface area (Å²) in [5.41, 5.74) is 7.43. The first-order chi connectivity index (χ1) is 9.67. The molecule has 0 unspecified atom stereocenters. The fraction of sp³-hybridized carbons (Fsp3) is 0.312. The molecule has 1 aliphatic carbocycles. The molecule has 0 aliphatic heterocycles. The average molecular weight is 286 g/mol. The highest BCUT2D eigenvalue weighted by atomic mass is 32.1. The molecule has 4 heteroatoms. The lowest BCUT2D eigenvalue weighted by Crippen LogP contribution is -2.48. The average Bonchev–Trinajstić information content (AvgIpc) is 3.11. The van der Waals surface area contributed by atoms with Gasteiger partial charge in [0.1, 0.15) is 0 Å². The van der Waals surface area contributed by atoms with Crippen LogP contribution in [0.25, 0.3) is 10.4 Å². The van der Waals surface area contributed by atoms with Gasteiger partial charge in [-0.25, -0.2) is 0 Å². The normalized spacial score (nSPS) is 17.1. The maximum absolute atomic E-state index is 12.3. The topological polar surface area (TPSA) is 55.1 Å². The monoisotopic (exact) mass is 286 g/mol. The minimum absolute atomic E-state index is 0.0571. The summed E-state index contributed by atoms with van der Waals surface area (Å²) in [7, 11) is 0. The van der Waals surface area contributed by atoms with Crippen LogP contribution in [-0.4, -0.2) is 11.4 Å². The molecular weight excluding hydrogens is 268 g/mol. The van der Waals surface area contributed by atoms with Gasteiger partial charge in [0.25, 0.3) is 0 Å². The molecule has 1 saturated carbocycles. The predicted octanol–water partition coefficient (Wildman–Crippen LogP) is 3.63. The summed E-state index contributed by atoms with van der Waals surface area (Å²) in [6.07, 6.45) is 3.64. The van der Waals surface area contributed by atoms with Gasteiger partial charge in [0.05, 0.1) is 5.54 Å². The van der Waals surface area contributed by atoms with Gasteiger partial charge < -0.3 is 11.1 Å². The van der Waals surface area contributed by atoms with Crippen molar-refractivity contribution in [3.63, 3.8) is 0 Å². The molecule has 1 aliphatic rings. The zero-order valence-corrected chi connectivity index (χ0v) is 12.1. The Morgan fingerprint density at radius 3 is 2.70 bits per heavy atom. The van der Waals surface area contributed by atoms with E-state index < -0.39 is 5.54 Å². The Morgan fingerprint density at radius 2 is 2.00 bits per heavy atom. The number of carbonyl (C=O) groups is 1. The number of carbonyl (C=O) groups excluding carboxylic acids is 1. The van der Waals surface area contributed by atoms with E-state index in [0.717, 1.165) is 36.9 Å². The Morgan fingerprint density at radius 1 is 1.20 bits per heavy atom. The largest absolute Gasteiger partial charge is 0.324 e. The molecule has 0 bridgehead atoms. The summed E-state index contributed by atoms with van der Waals surface area (Å²) in [6.45, 7) is 0. The van der Waals surface area contributed by atoms with Crippen molar-refractivity contribution in [2.45, 2.75) is 31.2 Å². The smallest absolute Gasteiger partial charge is 0.244 e. The van der Waals surface area contributed by atoms with Crippen LogP contribution in [0.3, 0.4) is 0 Å². The Labute approximate surface area is 122 Å². The zero-order chi connectivity index (χ0) is 14.0. The first-order valence-electron chi connectivity index (χ1n) is 6.92. The zero-order valence-electron chi connectivity index (χ0n) is 11.3. The van der Waals surface area contributed by atoms with Crippen LogP contribution in [0.2, 0.25) is 0 Å². The van der Waals surface area contributed by atoms with E-state index in [-0.39, 0.29) is 5.91 Å². The highest BCUT2D eigenvalue weighted by molar-refractivity contribution is 7.13. The van der Waals surface area contributed by atoms with Crippen molar-refractivity contribution in [2.75, 3.05) is 5.32 Å². The van der Waals surface area contributed by atoms with Crippen LogP contribution in [-0.2, 0) is 4.79 Å². The second-order valence-electron chi connectivity index (χ2n) is 5.38. The number of anilines is 1. The van der Waals surface area contributed by atoms with Crippen LogP contribution in [0.1, 0.15) is 25.7 Å². The maximum Gasteiger partial charge on any atom is 0.244 e. The molecule has 3 N–H and O–H groups in total. The van der Waals surface area contributed by atoms with Crippen molar-refractivity contribution in [3.8, 4) is 10.4 Å². The summed E-state index contributed by atoms with van der Waals surface area (Å²) in [5, 5.41) is 5.02. The van der Waals surface area contributed by atoms with Gasteiger partial charge in [-0.2, -0.15) is 0 Å². The molecule has 0 spiro atoms. The van der Waals surface area contributed by atoms with Gasteiger partial charge >= 0.3 is 0 Å². The minimum Gasteiger partial charge on any atom is -0.324 e. The van der Waals surface area contributed by atoms with Crippen molar-refractivity contribution in [2.24, 2.45) is 5.73 Å². The van der Waals surface area contributed by atoms with E-state index in [0.29, 0.717) is 0 Å². The number of nitrogens with one attached hydrogen (secondary N) is 1. The molecule has 0 atom stereocenters. The number of nitrogens with two attached hydrogens (primary N) is 1. The van der Waals surface area contributed by atoms with Crippen molar-refractivity contribution in [3.05, 3.63) is 41.8 Å². The van der Waals surface area contributed by atoms with Gasteiger partial charge in [0.15, 0.2) is 0 Å². The fourth-order valence-electron chi connectivity index (χ4n) is 2.68. The van der Waals surface area contributed by atoms with Crippen molar-refractivity contribution >= 4 is 22.9 Å². The molecule has 3 nitrogen and oxygen atoms in total. The quantitative estimate of drug-likeness (QED) is 0.905. The van der Waals surface area contributed by atoms with Gasteiger partial charge in [-0.3, -0.25) is 4.79 Å². The molecule has 1 heterocycles. The number of thiophene rings is 1. The summed E-state index contributed by atoms with van der Waals surface area (Å²) < 4.78 is 0. The number of hydrogen-bond acceptors (Lipinski definition) is 3. The third kappa shape index (κ3) is 2.62. The second-order valence-corrected chi connectivity index (χ2v) is 6.32. The van der Waals surface area contributed by atoms with E-state index in [2.05, 4.69) is 17.4 Å². The highest BCUT2D eigenvalue weighted by Gasteiger charge is 2.36. The van der Waals surface area contributed by atoms with Crippen molar-refractivity contribution < 1.29 is 4.79 Å². The fourth-order valence-corrected chi connectivity index (χ4v) is 3.41. The molecule has 1 fully saturated rings. The Balaban J connectivity index is 1.78. The number of hydrogen-bond donors (Lipinski definition) is 2. The van der Waals surface area contributed by atoms with E-state index in [1.165, 1.54) is 4.88 Å². The molecular formula is C16H18N2OS. The Kier molecular flexibility index (Phi) is 3.59. The lowest BCUT2D eigenvalue weighted by Gasteiger charge is -2.22. The highest BCUT2D eigenvalue weighted by Crippen LogP contribution is 2.30. The summed E-state index contributed by atoms with van der Waals surface area (Å²) in [6, 6.07) is 12.0. The number of amides is 1. The van der Waals surface area contributed by atoms with E-state index in [9.17, 15) is 4.79 Å². The minimum atomic E-state index is -0.682. The maximum atomic E-state index is 12.3. The predicted molar refractivity (Wildman–Crippen MR) is 83.8 cm³/mol. The third-order valence-electron chi connectivity index (χ3n) is 3.87. The second kappa shape index (κ2) is 5.38. The standard InChI is InChI=1S/C16H18N2OS/c17-16(8-1-2-9-16)15(19)18-13-6-3-5-12(11-13)14-7-4-10-20-14/h3-7,10-11H,1-2,8-9,17H2,(H,18,19). The lowest BCUT2D eigenvalue weighted by molar-refractivity contribution is -0.121. The Bertz CT molecular complexity index is 601. The number of benzene rings is 1. The van der Waals surface area contributed by atoms with Crippen molar-refractivity contribution in [1.82, 2.24) is 0 Å². The van der Waals surface area contributed by atoms with E-state index in [1.54, 1.807) is 11.3 Å². The molecule has 0 saturated heterocycles. The first-order valence-corrected chi connectivity index (χ1v) is 7.80. The van der Waals surface area contributed by atoms with Gasteiger partial charge in [0.2, 0.25) is 5.91 Å². The molecule has 1 amide bonds. The SMILES string of the molecule is NC1(C(=O)Nc2cccc(-c3cccs3)c2)CCCC1. The first kappa shape index (κ1) is 13.3. The van der Waals surface area contributed by atoms with Crippen LogP contribution >= 0.6 is 11.3 Å². The summed E-state index contributed by atoms with van der Waals surface area (Å²) >= 11 is 1.69. The van der Waals surface area contributed by atoms with Gasteiger partial charge in [-0.1, -0.05) is 31.0 Å². The van der Waals surface area contributed by atoms with Gasteiger partial charge in [0, 0.05) is 10.6 Å². The molecule has 0 radical (unpaired) electrons. The van der Waals surface area contributed by atoms with Crippen molar-refractivity contribution in [1.29, 1.82) is 0 Å². The third-order valence-corrected chi connectivity index (χ3v) is 4.79. The molecule has 3 rings (SSSR count). The van der Waals surface area contributed by atoms with Crippen LogP contribution < -0.4 is 11.1 Å². The van der Waals surface area contributed by atoms with Crippen LogP contribution in [0.15, 0.2) is 41.8 Å². The Hall–Kier alpha value is -1.65. The van der Waals surface area contributed by atoms with Gasteiger partial charge in [-0.15, -0.1) is 11.3 Å². The van der Waals surface area contributed by atoms with Crippen LogP contribution in [0.4, 0.5) is 5.69 Å². The molecule has 1 aromatic heterocycles. The summed E-state index contributed by atoms with van der Waals surface area (Å²) in [4.78, 5) is 13.5. The van der Waals surface area contributed by atoms with Crippen LogP contribution in [0.5, 0.6) is 0 Å². The molecule has 104 valence electrons. The molecule has 1 aromatic carbocycles.